The monoisotopic (exact) mass is 632 g/mol. The van der Waals surface area contributed by atoms with Crippen LogP contribution in [0.4, 0.5) is 5.69 Å². The maximum Gasteiger partial charge on any atom is 0.280 e. The highest BCUT2D eigenvalue weighted by Gasteiger charge is 2.31. The average Bonchev–Trinajstić information content (AvgIpc) is 3.69. The van der Waals surface area contributed by atoms with Gasteiger partial charge in [0.05, 0.1) is 28.4 Å². The fourth-order valence-corrected chi connectivity index (χ4v) is 6.12. The number of nitrogens with zero attached hydrogens (tertiary/aromatic N) is 4. The van der Waals surface area contributed by atoms with Crippen LogP contribution in [-0.4, -0.2) is 27.2 Å². The fourth-order valence-electron chi connectivity index (χ4n) is 5.28. The van der Waals surface area contributed by atoms with E-state index in [2.05, 4.69) is 31.2 Å². The third-order valence-corrected chi connectivity index (χ3v) is 8.81. The Morgan fingerprint density at radius 2 is 1.38 bits per heavy atom. The Labute approximate surface area is 278 Å². The molecule has 0 N–H and O–H groups in total. The smallest absolute Gasteiger partial charge is 0.280 e. The van der Waals surface area contributed by atoms with Crippen molar-refractivity contribution in [2.75, 3.05) is 10.8 Å². The Morgan fingerprint density at radius 3 is 2.06 bits per heavy atom. The number of thioether (sulfide) groups is 1. The molecule has 0 atom stereocenters. The fraction of sp³-hybridized carbons (Fsp3) is 0.0750. The number of aryl methyl sites for hydroxylation is 1. The van der Waals surface area contributed by atoms with Crippen LogP contribution in [0, 0.1) is 6.92 Å². The quantitative estimate of drug-likeness (QED) is 0.112. The molecular weight excluding hydrogens is 601 g/mol. The summed E-state index contributed by atoms with van der Waals surface area (Å²) in [6.45, 7) is 2.56. The SMILES string of the molecule is Cc1ccc(SCC2=NN(c3ccccc3)C(=O)C2=Cc2cn(-c3ccccc3)nc2-c2ccc(OCc3ccccc3)cc2)cc1. The molecule has 47 heavy (non-hydrogen) atoms. The standard InChI is InChI=1S/C40H32N4O2S/c1-29-17-23-36(24-18-29)47-28-38-37(40(45)44(41-38)34-15-9-4-10-16-34)25-32-26-43(33-13-7-3-8-14-33)42-39(32)31-19-21-35(22-20-31)46-27-30-11-5-2-6-12-30/h2-26H,27-28H2,1H3. The van der Waals surface area contributed by atoms with Gasteiger partial charge in [-0.3, -0.25) is 4.79 Å². The first-order chi connectivity index (χ1) is 23.1. The molecule has 7 heteroatoms. The maximum atomic E-state index is 14.0. The second-order valence-electron chi connectivity index (χ2n) is 11.2. The molecule has 0 aliphatic carbocycles. The number of para-hydroxylation sites is 2. The molecule has 6 aromatic rings. The molecule has 0 fully saturated rings. The molecule has 1 amide bonds. The van der Waals surface area contributed by atoms with Crippen molar-refractivity contribution in [1.82, 2.24) is 9.78 Å². The molecule has 230 valence electrons. The average molecular weight is 633 g/mol. The number of anilines is 1. The van der Waals surface area contributed by atoms with Crippen LogP contribution in [0.15, 0.2) is 161 Å². The van der Waals surface area contributed by atoms with Gasteiger partial charge in [0.25, 0.3) is 5.91 Å². The lowest BCUT2D eigenvalue weighted by Crippen LogP contribution is -2.21. The van der Waals surface area contributed by atoms with Gasteiger partial charge in [-0.25, -0.2) is 4.68 Å². The van der Waals surface area contributed by atoms with Crippen molar-refractivity contribution >= 4 is 35.1 Å². The van der Waals surface area contributed by atoms with Gasteiger partial charge in [-0.1, -0.05) is 84.4 Å². The second-order valence-corrected chi connectivity index (χ2v) is 12.2. The summed E-state index contributed by atoms with van der Waals surface area (Å²) in [4.78, 5) is 15.1. The van der Waals surface area contributed by atoms with Crippen LogP contribution < -0.4 is 9.75 Å². The van der Waals surface area contributed by atoms with Gasteiger partial charge in [0.2, 0.25) is 0 Å². The Bertz CT molecular complexity index is 2040. The van der Waals surface area contributed by atoms with Gasteiger partial charge in [-0.2, -0.15) is 15.2 Å². The predicted molar refractivity (Wildman–Crippen MR) is 191 cm³/mol. The third kappa shape index (κ3) is 6.95. The zero-order chi connectivity index (χ0) is 32.0. The molecule has 0 radical (unpaired) electrons. The van der Waals surface area contributed by atoms with Gasteiger partial charge in [-0.05, 0) is 79.2 Å². The number of rotatable bonds is 10. The lowest BCUT2D eigenvalue weighted by molar-refractivity contribution is -0.114. The molecular formula is C40H32N4O2S. The van der Waals surface area contributed by atoms with Crippen molar-refractivity contribution in [2.24, 2.45) is 5.10 Å². The zero-order valence-electron chi connectivity index (χ0n) is 25.9. The Morgan fingerprint density at radius 1 is 0.745 bits per heavy atom. The van der Waals surface area contributed by atoms with E-state index >= 15 is 0 Å². The van der Waals surface area contributed by atoms with Crippen molar-refractivity contribution in [3.05, 3.63) is 168 Å². The molecule has 1 aromatic heterocycles. The van der Waals surface area contributed by atoms with Crippen molar-refractivity contribution in [3.8, 4) is 22.7 Å². The van der Waals surface area contributed by atoms with E-state index in [9.17, 15) is 4.79 Å². The van der Waals surface area contributed by atoms with Crippen LogP contribution in [0.1, 0.15) is 16.7 Å². The van der Waals surface area contributed by atoms with E-state index in [0.717, 1.165) is 44.4 Å². The summed E-state index contributed by atoms with van der Waals surface area (Å²) >= 11 is 1.66. The minimum absolute atomic E-state index is 0.168. The van der Waals surface area contributed by atoms with Gasteiger partial charge >= 0.3 is 0 Å². The molecule has 0 bridgehead atoms. The maximum absolute atomic E-state index is 14.0. The Hall–Kier alpha value is -5.66. The van der Waals surface area contributed by atoms with E-state index < -0.39 is 0 Å². The lowest BCUT2D eigenvalue weighted by atomic mass is 10.0. The number of hydrogen-bond acceptors (Lipinski definition) is 5. The number of hydrogen-bond donors (Lipinski definition) is 0. The van der Waals surface area contributed by atoms with E-state index in [0.29, 0.717) is 23.6 Å². The molecule has 1 aliphatic heterocycles. The minimum Gasteiger partial charge on any atom is -0.489 e. The number of benzene rings is 5. The highest BCUT2D eigenvalue weighted by molar-refractivity contribution is 8.00. The number of carbonyl (C=O) groups is 1. The normalized spacial score (nSPS) is 13.6. The Kier molecular flexibility index (Phi) is 8.79. The van der Waals surface area contributed by atoms with Gasteiger partial charge < -0.3 is 4.74 Å². The summed E-state index contributed by atoms with van der Waals surface area (Å²) < 4.78 is 7.90. The largest absolute Gasteiger partial charge is 0.489 e. The topological polar surface area (TPSA) is 59.7 Å². The molecule has 0 saturated heterocycles. The number of ether oxygens (including phenoxy) is 1. The summed E-state index contributed by atoms with van der Waals surface area (Å²) in [5, 5.41) is 11.3. The molecule has 6 nitrogen and oxygen atoms in total. The minimum atomic E-state index is -0.168. The van der Waals surface area contributed by atoms with Crippen molar-refractivity contribution in [2.45, 2.75) is 18.4 Å². The summed E-state index contributed by atoms with van der Waals surface area (Å²) in [5.74, 6) is 1.14. The number of aromatic nitrogens is 2. The second kappa shape index (κ2) is 13.8. The van der Waals surface area contributed by atoms with Crippen LogP contribution in [0.25, 0.3) is 23.0 Å². The highest BCUT2D eigenvalue weighted by Crippen LogP contribution is 2.32. The number of hydrazone groups is 1. The highest BCUT2D eigenvalue weighted by atomic mass is 32.2. The molecule has 2 heterocycles. The molecule has 1 aliphatic rings. The van der Waals surface area contributed by atoms with Crippen LogP contribution >= 0.6 is 11.8 Å². The van der Waals surface area contributed by atoms with Crippen molar-refractivity contribution in [3.63, 3.8) is 0 Å². The van der Waals surface area contributed by atoms with E-state index in [1.807, 2.05) is 132 Å². The van der Waals surface area contributed by atoms with E-state index in [4.69, 9.17) is 14.9 Å². The van der Waals surface area contributed by atoms with E-state index in [1.54, 1.807) is 11.8 Å². The first-order valence-electron chi connectivity index (χ1n) is 15.4. The first kappa shape index (κ1) is 30.0. The number of amides is 1. The first-order valence-corrected chi connectivity index (χ1v) is 16.4. The summed E-state index contributed by atoms with van der Waals surface area (Å²) in [6.07, 6.45) is 3.90. The molecule has 5 aromatic carbocycles. The molecule has 7 rings (SSSR count). The summed E-state index contributed by atoms with van der Waals surface area (Å²) in [5.41, 5.74) is 7.71. The van der Waals surface area contributed by atoms with E-state index in [-0.39, 0.29) is 5.91 Å². The Balaban J connectivity index is 1.24. The lowest BCUT2D eigenvalue weighted by Gasteiger charge is -2.11. The van der Waals surface area contributed by atoms with Crippen LogP contribution in [-0.2, 0) is 11.4 Å². The molecule has 0 unspecified atom stereocenters. The number of carbonyl (C=O) groups excluding carboxylic acids is 1. The summed E-state index contributed by atoms with van der Waals surface area (Å²) in [7, 11) is 0. The van der Waals surface area contributed by atoms with Crippen LogP contribution in [0.2, 0.25) is 0 Å². The van der Waals surface area contributed by atoms with Crippen LogP contribution in [0.3, 0.4) is 0 Å². The van der Waals surface area contributed by atoms with Gasteiger partial charge in [0.1, 0.15) is 12.4 Å². The predicted octanol–water partition coefficient (Wildman–Crippen LogP) is 9.01. The molecule has 0 spiro atoms. The van der Waals surface area contributed by atoms with Crippen LogP contribution in [0.5, 0.6) is 5.75 Å². The van der Waals surface area contributed by atoms with Gasteiger partial charge in [0.15, 0.2) is 0 Å². The zero-order valence-corrected chi connectivity index (χ0v) is 26.7. The van der Waals surface area contributed by atoms with Crippen molar-refractivity contribution in [1.29, 1.82) is 0 Å². The van der Waals surface area contributed by atoms with Gasteiger partial charge in [0, 0.05) is 28.0 Å². The van der Waals surface area contributed by atoms with E-state index in [1.165, 1.54) is 10.6 Å². The molecule has 0 saturated carbocycles. The summed E-state index contributed by atoms with van der Waals surface area (Å²) in [6, 6.07) is 46.0. The van der Waals surface area contributed by atoms with Gasteiger partial charge in [-0.15, -0.1) is 11.8 Å². The van der Waals surface area contributed by atoms with Crippen molar-refractivity contribution < 1.29 is 9.53 Å². The third-order valence-electron chi connectivity index (χ3n) is 7.79.